The molecule has 0 saturated heterocycles. The molecule has 1 aliphatic carbocycles. The number of aromatic nitrogens is 6. The molecule has 4 N–H and O–H groups in total. The minimum Gasteiger partial charge on any atom is -0.454 e. The summed E-state index contributed by atoms with van der Waals surface area (Å²) >= 11 is 0. The highest BCUT2D eigenvalue weighted by molar-refractivity contribution is 6.00. The van der Waals surface area contributed by atoms with Gasteiger partial charge in [-0.1, -0.05) is 0 Å². The van der Waals surface area contributed by atoms with Crippen LogP contribution in [-0.2, 0) is 17.8 Å². The molecule has 11 heteroatoms. The van der Waals surface area contributed by atoms with Crippen LogP contribution in [0.1, 0.15) is 34.8 Å². The van der Waals surface area contributed by atoms with Gasteiger partial charge in [-0.05, 0) is 49.1 Å². The van der Waals surface area contributed by atoms with Crippen LogP contribution in [0.3, 0.4) is 0 Å². The molecule has 1 aromatic carbocycles. The second-order valence-electron chi connectivity index (χ2n) is 7.53. The normalized spacial score (nSPS) is 13.3. The number of hydrogen-bond acceptors (Lipinski definition) is 9. The third-order valence-corrected chi connectivity index (χ3v) is 4.97. The minimum absolute atomic E-state index is 0.0414. The number of aromatic amines is 1. The molecule has 0 aliphatic heterocycles. The number of pyridine rings is 1. The number of imidazole rings is 1. The number of nitrogen functional groups attached to an aromatic ring is 1. The summed E-state index contributed by atoms with van der Waals surface area (Å²) in [6, 6.07) is 7.25. The van der Waals surface area contributed by atoms with Gasteiger partial charge in [0, 0.05) is 18.3 Å². The van der Waals surface area contributed by atoms with Crippen LogP contribution in [0.25, 0.3) is 11.2 Å². The average molecular weight is 434 g/mol. The number of H-pyrrole nitrogens is 1. The minimum atomic E-state index is -0.564. The number of esters is 1. The number of hydrogen-bond donors (Lipinski definition) is 3. The van der Waals surface area contributed by atoms with E-state index in [2.05, 4.69) is 35.2 Å². The van der Waals surface area contributed by atoms with Crippen molar-refractivity contribution in [3.05, 3.63) is 59.6 Å². The molecule has 3 heterocycles. The lowest BCUT2D eigenvalue weighted by Gasteiger charge is -2.08. The first-order valence-corrected chi connectivity index (χ1v) is 10.1. The van der Waals surface area contributed by atoms with Crippen LogP contribution in [-0.4, -0.2) is 35.9 Å². The first kappa shape index (κ1) is 19.8. The molecule has 0 bridgehead atoms. The Morgan fingerprint density at radius 2 is 1.97 bits per heavy atom. The molecule has 3 aromatic heterocycles. The number of fused-ring (bicyclic) bond motifs is 1. The summed E-state index contributed by atoms with van der Waals surface area (Å²) in [6.45, 7) is -0.212. The fraction of sp³-hybridized carbons (Fsp3) is 0.238. The second-order valence-corrected chi connectivity index (χ2v) is 7.53. The van der Waals surface area contributed by atoms with Gasteiger partial charge in [0.15, 0.2) is 18.1 Å². The number of nitrogens with zero attached hydrogens (tertiary/aromatic N) is 5. The van der Waals surface area contributed by atoms with Crippen LogP contribution in [0.4, 0.5) is 22.0 Å². The first-order valence-electron chi connectivity index (χ1n) is 10.1. The molecule has 5 rings (SSSR count). The van der Waals surface area contributed by atoms with E-state index in [0.29, 0.717) is 28.3 Å². The van der Waals surface area contributed by atoms with Gasteiger partial charge in [-0.25, -0.2) is 19.2 Å². The van der Waals surface area contributed by atoms with Gasteiger partial charge < -0.3 is 20.8 Å². The maximum absolute atomic E-state index is 13.1. The molecule has 0 amide bonds. The molecule has 0 spiro atoms. The summed E-state index contributed by atoms with van der Waals surface area (Å²) in [5, 5.41) is 2.91. The number of benzene rings is 1. The van der Waals surface area contributed by atoms with Crippen molar-refractivity contribution in [3.63, 3.8) is 0 Å². The van der Waals surface area contributed by atoms with E-state index in [0.717, 1.165) is 12.2 Å². The predicted octanol–water partition coefficient (Wildman–Crippen LogP) is 2.92. The Morgan fingerprint density at radius 3 is 2.75 bits per heavy atom. The van der Waals surface area contributed by atoms with Crippen molar-refractivity contribution in [2.24, 2.45) is 5.92 Å². The smallest absolute Gasteiger partial charge is 0.340 e. The topological polar surface area (TPSA) is 145 Å². The van der Waals surface area contributed by atoms with Crippen molar-refractivity contribution in [2.75, 3.05) is 11.1 Å². The predicted molar refractivity (Wildman–Crippen MR) is 113 cm³/mol. The zero-order chi connectivity index (χ0) is 22.1. The van der Waals surface area contributed by atoms with E-state index in [4.69, 9.17) is 10.5 Å². The SMILES string of the molecule is Nc1nc(COC(=O)c2ccnc3nc(CC4CC4)[nH]c23)nc(Nc2ccc(F)cc2)n1. The summed E-state index contributed by atoms with van der Waals surface area (Å²) in [4.78, 5) is 36.8. The Hall–Kier alpha value is -4.15. The lowest BCUT2D eigenvalue weighted by atomic mass is 10.2. The third kappa shape index (κ3) is 4.46. The van der Waals surface area contributed by atoms with Crippen LogP contribution in [0.2, 0.25) is 0 Å². The van der Waals surface area contributed by atoms with Crippen molar-refractivity contribution in [2.45, 2.75) is 25.9 Å². The van der Waals surface area contributed by atoms with E-state index in [1.54, 1.807) is 6.07 Å². The number of nitrogens with two attached hydrogens (primary N) is 1. The van der Waals surface area contributed by atoms with Crippen molar-refractivity contribution >= 4 is 34.7 Å². The Morgan fingerprint density at radius 1 is 1.16 bits per heavy atom. The van der Waals surface area contributed by atoms with Gasteiger partial charge in [-0.3, -0.25) is 0 Å². The number of rotatable bonds is 7. The largest absolute Gasteiger partial charge is 0.454 e. The molecule has 4 aromatic rings. The molecular formula is C21H19FN8O2. The molecule has 0 radical (unpaired) electrons. The summed E-state index contributed by atoms with van der Waals surface area (Å²) in [5.41, 5.74) is 7.67. The van der Waals surface area contributed by atoms with E-state index in [-0.39, 0.29) is 30.1 Å². The molecule has 162 valence electrons. The standard InChI is InChI=1S/C21H19FN8O2/c22-12-3-5-13(6-4-12)25-21-29-16(28-20(23)30-21)10-32-19(31)14-7-8-24-18-17(14)26-15(27-18)9-11-1-2-11/h3-8,11H,1-2,9-10H2,(H,24,26,27)(H3,23,25,28,29,30). The Labute approximate surface area is 181 Å². The van der Waals surface area contributed by atoms with Crippen LogP contribution in [0.5, 0.6) is 0 Å². The number of halogens is 1. The Balaban J connectivity index is 1.30. The highest BCUT2D eigenvalue weighted by Crippen LogP contribution is 2.32. The number of ether oxygens (including phenoxy) is 1. The fourth-order valence-corrected chi connectivity index (χ4v) is 3.25. The van der Waals surface area contributed by atoms with Crippen molar-refractivity contribution in [3.8, 4) is 0 Å². The van der Waals surface area contributed by atoms with E-state index in [1.807, 2.05) is 0 Å². The third-order valence-electron chi connectivity index (χ3n) is 4.97. The van der Waals surface area contributed by atoms with Crippen LogP contribution >= 0.6 is 0 Å². The molecule has 10 nitrogen and oxygen atoms in total. The Kier molecular flexibility index (Phi) is 5.06. The van der Waals surface area contributed by atoms with E-state index in [1.165, 1.54) is 43.3 Å². The molecular weight excluding hydrogens is 415 g/mol. The number of carbonyl (C=O) groups is 1. The van der Waals surface area contributed by atoms with E-state index < -0.39 is 5.97 Å². The lowest BCUT2D eigenvalue weighted by Crippen LogP contribution is -2.11. The quantitative estimate of drug-likeness (QED) is 0.374. The zero-order valence-electron chi connectivity index (χ0n) is 16.9. The maximum atomic E-state index is 13.1. The van der Waals surface area contributed by atoms with Crippen molar-refractivity contribution in [1.82, 2.24) is 29.9 Å². The number of nitrogens with one attached hydrogen (secondary N) is 2. The summed E-state index contributed by atoms with van der Waals surface area (Å²) in [7, 11) is 0. The summed E-state index contributed by atoms with van der Waals surface area (Å²) in [6.07, 6.45) is 4.77. The molecule has 1 fully saturated rings. The average Bonchev–Trinajstić information content (AvgIpc) is 3.48. The lowest BCUT2D eigenvalue weighted by molar-refractivity contribution is 0.0464. The van der Waals surface area contributed by atoms with E-state index >= 15 is 0 Å². The highest BCUT2D eigenvalue weighted by Gasteiger charge is 2.24. The van der Waals surface area contributed by atoms with Crippen LogP contribution < -0.4 is 11.1 Å². The van der Waals surface area contributed by atoms with Gasteiger partial charge in [-0.15, -0.1) is 0 Å². The first-order chi connectivity index (χ1) is 15.5. The Bertz CT molecular complexity index is 1290. The van der Waals surface area contributed by atoms with Gasteiger partial charge in [0.05, 0.1) is 11.1 Å². The second kappa shape index (κ2) is 8.17. The van der Waals surface area contributed by atoms with Gasteiger partial charge in [0.2, 0.25) is 11.9 Å². The van der Waals surface area contributed by atoms with Gasteiger partial charge in [-0.2, -0.15) is 15.0 Å². The van der Waals surface area contributed by atoms with Crippen molar-refractivity contribution in [1.29, 1.82) is 0 Å². The van der Waals surface area contributed by atoms with E-state index in [9.17, 15) is 9.18 Å². The highest BCUT2D eigenvalue weighted by atomic mass is 19.1. The van der Waals surface area contributed by atoms with Crippen LogP contribution in [0.15, 0.2) is 36.5 Å². The summed E-state index contributed by atoms with van der Waals surface area (Å²) in [5.74, 6) is 0.821. The van der Waals surface area contributed by atoms with Crippen LogP contribution in [0, 0.1) is 11.7 Å². The fourth-order valence-electron chi connectivity index (χ4n) is 3.25. The van der Waals surface area contributed by atoms with Gasteiger partial charge in [0.1, 0.15) is 11.6 Å². The molecule has 0 unspecified atom stereocenters. The zero-order valence-corrected chi connectivity index (χ0v) is 16.9. The summed E-state index contributed by atoms with van der Waals surface area (Å²) < 4.78 is 18.5. The maximum Gasteiger partial charge on any atom is 0.340 e. The number of carbonyl (C=O) groups excluding carboxylic acids is 1. The number of anilines is 3. The van der Waals surface area contributed by atoms with Crippen molar-refractivity contribution < 1.29 is 13.9 Å². The van der Waals surface area contributed by atoms with Gasteiger partial charge in [0.25, 0.3) is 0 Å². The molecule has 1 aliphatic rings. The molecule has 1 saturated carbocycles. The molecule has 0 atom stereocenters. The van der Waals surface area contributed by atoms with Gasteiger partial charge >= 0.3 is 5.97 Å². The molecule has 32 heavy (non-hydrogen) atoms. The monoisotopic (exact) mass is 434 g/mol.